The Morgan fingerprint density at radius 2 is 2.07 bits per heavy atom. The van der Waals surface area contributed by atoms with Crippen LogP contribution in [-0.2, 0) is 5.33 Å². The monoisotopic (exact) mass is 318 g/mol. The number of alkyl halides is 2. The van der Waals surface area contributed by atoms with Crippen LogP contribution in [0, 0.1) is 6.92 Å². The molecule has 14 heavy (non-hydrogen) atoms. The first-order valence-corrected chi connectivity index (χ1v) is 6.68. The van der Waals surface area contributed by atoms with E-state index >= 15 is 0 Å². The molecule has 0 spiro atoms. The van der Waals surface area contributed by atoms with Crippen molar-refractivity contribution in [3.05, 3.63) is 34.9 Å². The molecule has 0 atom stereocenters. The van der Waals surface area contributed by atoms with Gasteiger partial charge in [-0.1, -0.05) is 55.6 Å². The van der Waals surface area contributed by atoms with Crippen LogP contribution in [0.4, 0.5) is 0 Å². The van der Waals surface area contributed by atoms with E-state index in [1.807, 2.05) is 19.1 Å². The van der Waals surface area contributed by atoms with Crippen LogP contribution in [0.2, 0.25) is 0 Å². The summed E-state index contributed by atoms with van der Waals surface area (Å²) in [5.74, 6) is 0.205. The molecule has 1 aromatic rings. The highest BCUT2D eigenvalue weighted by Crippen LogP contribution is 2.17. The van der Waals surface area contributed by atoms with Gasteiger partial charge in [-0.2, -0.15) is 0 Å². The van der Waals surface area contributed by atoms with Crippen LogP contribution in [0.25, 0.3) is 0 Å². The Bertz CT molecular complexity index is 334. The summed E-state index contributed by atoms with van der Waals surface area (Å²) in [4.78, 5) is 11.7. The van der Waals surface area contributed by atoms with Gasteiger partial charge in [-0.25, -0.2) is 0 Å². The SMILES string of the molecule is Cc1ccc(C(=O)CCBr)c(CBr)c1. The van der Waals surface area contributed by atoms with E-state index in [1.165, 1.54) is 5.56 Å². The molecule has 0 saturated heterocycles. The lowest BCUT2D eigenvalue weighted by molar-refractivity contribution is 0.0989. The van der Waals surface area contributed by atoms with Gasteiger partial charge in [0.2, 0.25) is 0 Å². The standard InChI is InChI=1S/C11H12Br2O/c1-8-2-3-10(9(6-8)7-13)11(14)4-5-12/h2-3,6H,4-5,7H2,1H3. The van der Waals surface area contributed by atoms with E-state index in [0.717, 1.165) is 21.8 Å². The van der Waals surface area contributed by atoms with Crippen molar-refractivity contribution in [1.82, 2.24) is 0 Å². The molecule has 0 radical (unpaired) electrons. The average molecular weight is 320 g/mol. The predicted octanol–water partition coefficient (Wildman–Crippen LogP) is 3.86. The molecule has 0 aliphatic rings. The molecule has 0 N–H and O–H groups in total. The molecule has 3 heteroatoms. The second-order valence-corrected chi connectivity index (χ2v) is 4.51. The van der Waals surface area contributed by atoms with Gasteiger partial charge in [0.15, 0.2) is 5.78 Å². The Morgan fingerprint density at radius 3 is 2.64 bits per heavy atom. The lowest BCUT2D eigenvalue weighted by Gasteiger charge is -2.06. The highest BCUT2D eigenvalue weighted by atomic mass is 79.9. The minimum absolute atomic E-state index is 0.205. The molecule has 0 unspecified atom stereocenters. The Hall–Kier alpha value is -0.150. The first-order chi connectivity index (χ1) is 6.69. The average Bonchev–Trinajstić information content (AvgIpc) is 2.17. The Kier molecular flexibility index (Phi) is 4.82. The summed E-state index contributed by atoms with van der Waals surface area (Å²) in [6, 6.07) is 5.95. The largest absolute Gasteiger partial charge is 0.294 e. The zero-order chi connectivity index (χ0) is 10.6. The van der Waals surface area contributed by atoms with Crippen LogP contribution in [0.3, 0.4) is 0 Å². The van der Waals surface area contributed by atoms with Gasteiger partial charge in [-0.3, -0.25) is 4.79 Å². The van der Waals surface area contributed by atoms with Crippen LogP contribution in [0.5, 0.6) is 0 Å². The van der Waals surface area contributed by atoms with Crippen molar-refractivity contribution >= 4 is 37.6 Å². The number of carbonyl (C=O) groups is 1. The molecule has 1 rings (SSSR count). The first kappa shape index (κ1) is 11.9. The molecule has 0 fully saturated rings. The number of halogens is 2. The fourth-order valence-corrected chi connectivity index (χ4v) is 2.15. The van der Waals surface area contributed by atoms with E-state index in [9.17, 15) is 4.79 Å². The third kappa shape index (κ3) is 2.92. The fourth-order valence-electron chi connectivity index (χ4n) is 1.33. The van der Waals surface area contributed by atoms with Crippen molar-refractivity contribution in [3.8, 4) is 0 Å². The summed E-state index contributed by atoms with van der Waals surface area (Å²) in [7, 11) is 0. The molecular weight excluding hydrogens is 308 g/mol. The van der Waals surface area contributed by atoms with Gasteiger partial charge in [0.05, 0.1) is 0 Å². The van der Waals surface area contributed by atoms with Crippen molar-refractivity contribution in [1.29, 1.82) is 0 Å². The summed E-state index contributed by atoms with van der Waals surface area (Å²) < 4.78 is 0. The van der Waals surface area contributed by atoms with Gasteiger partial charge >= 0.3 is 0 Å². The predicted molar refractivity (Wildman–Crippen MR) is 66.6 cm³/mol. The Labute approximate surface area is 101 Å². The molecule has 0 bridgehead atoms. The summed E-state index contributed by atoms with van der Waals surface area (Å²) in [5.41, 5.74) is 3.11. The lowest BCUT2D eigenvalue weighted by atomic mass is 10.0. The minimum Gasteiger partial charge on any atom is -0.294 e. The molecule has 76 valence electrons. The van der Waals surface area contributed by atoms with Crippen molar-refractivity contribution < 1.29 is 4.79 Å². The van der Waals surface area contributed by atoms with E-state index in [-0.39, 0.29) is 5.78 Å². The second-order valence-electron chi connectivity index (χ2n) is 3.16. The van der Waals surface area contributed by atoms with Crippen LogP contribution < -0.4 is 0 Å². The van der Waals surface area contributed by atoms with E-state index in [4.69, 9.17) is 0 Å². The molecule has 1 aromatic carbocycles. The Morgan fingerprint density at radius 1 is 1.36 bits per heavy atom. The summed E-state index contributed by atoms with van der Waals surface area (Å²) in [6.45, 7) is 2.03. The maximum Gasteiger partial charge on any atom is 0.164 e. The molecule has 0 heterocycles. The van der Waals surface area contributed by atoms with Crippen LogP contribution >= 0.6 is 31.9 Å². The van der Waals surface area contributed by atoms with Crippen LogP contribution in [0.1, 0.15) is 27.9 Å². The number of carbonyl (C=O) groups excluding carboxylic acids is 1. The number of benzene rings is 1. The van der Waals surface area contributed by atoms with Crippen LogP contribution in [0.15, 0.2) is 18.2 Å². The molecule has 0 aliphatic carbocycles. The number of hydrogen-bond acceptors (Lipinski definition) is 1. The molecule has 1 nitrogen and oxygen atoms in total. The zero-order valence-corrected chi connectivity index (χ0v) is 11.2. The lowest BCUT2D eigenvalue weighted by Crippen LogP contribution is -2.03. The van der Waals surface area contributed by atoms with Gasteiger partial charge in [-0.05, 0) is 12.5 Å². The van der Waals surface area contributed by atoms with Gasteiger partial charge in [-0.15, -0.1) is 0 Å². The van der Waals surface area contributed by atoms with Crippen molar-refractivity contribution in [2.24, 2.45) is 0 Å². The molecular formula is C11H12Br2O. The van der Waals surface area contributed by atoms with E-state index in [1.54, 1.807) is 0 Å². The fraction of sp³-hybridized carbons (Fsp3) is 0.364. The Balaban J connectivity index is 3.01. The maximum absolute atomic E-state index is 11.7. The van der Waals surface area contributed by atoms with Gasteiger partial charge < -0.3 is 0 Å². The normalized spacial score (nSPS) is 10.2. The quantitative estimate of drug-likeness (QED) is 0.608. The van der Waals surface area contributed by atoms with Gasteiger partial charge in [0.25, 0.3) is 0 Å². The number of rotatable bonds is 4. The van der Waals surface area contributed by atoms with Crippen molar-refractivity contribution in [2.45, 2.75) is 18.7 Å². The minimum atomic E-state index is 0.205. The van der Waals surface area contributed by atoms with E-state index < -0.39 is 0 Å². The van der Waals surface area contributed by atoms with Gasteiger partial charge in [0.1, 0.15) is 0 Å². The molecule has 0 aliphatic heterocycles. The number of aryl methyl sites for hydroxylation is 1. The summed E-state index contributed by atoms with van der Waals surface area (Å²) >= 11 is 6.67. The third-order valence-corrected chi connectivity index (χ3v) is 3.03. The third-order valence-electron chi connectivity index (χ3n) is 2.03. The van der Waals surface area contributed by atoms with Gasteiger partial charge in [0, 0.05) is 22.6 Å². The van der Waals surface area contributed by atoms with E-state index in [2.05, 4.69) is 37.9 Å². The molecule has 0 saturated carbocycles. The number of hydrogen-bond donors (Lipinski definition) is 0. The summed E-state index contributed by atoms with van der Waals surface area (Å²) in [5, 5.41) is 1.46. The van der Waals surface area contributed by atoms with Crippen LogP contribution in [-0.4, -0.2) is 11.1 Å². The van der Waals surface area contributed by atoms with Crippen molar-refractivity contribution in [3.63, 3.8) is 0 Å². The zero-order valence-electron chi connectivity index (χ0n) is 8.02. The van der Waals surface area contributed by atoms with Crippen molar-refractivity contribution in [2.75, 3.05) is 5.33 Å². The van der Waals surface area contributed by atoms with E-state index in [0.29, 0.717) is 6.42 Å². The topological polar surface area (TPSA) is 17.1 Å². The highest BCUT2D eigenvalue weighted by molar-refractivity contribution is 9.09. The number of ketones is 1. The first-order valence-electron chi connectivity index (χ1n) is 4.43. The maximum atomic E-state index is 11.7. The second kappa shape index (κ2) is 5.66. The molecule has 0 amide bonds. The smallest absolute Gasteiger partial charge is 0.164 e. The number of Topliss-reactive ketones (excluding diaryl/α,β-unsaturated/α-hetero) is 1. The highest BCUT2D eigenvalue weighted by Gasteiger charge is 2.09. The summed E-state index contributed by atoms with van der Waals surface area (Å²) in [6.07, 6.45) is 0.559. The molecule has 0 aromatic heterocycles.